The molecule has 0 saturated heterocycles. The number of nitrogens with two attached hydrogens (primary N) is 1. The van der Waals surface area contributed by atoms with Crippen LogP contribution in [0.4, 0.5) is 5.95 Å². The van der Waals surface area contributed by atoms with Gasteiger partial charge in [-0.3, -0.25) is 10.1 Å². The van der Waals surface area contributed by atoms with Crippen molar-refractivity contribution in [3.63, 3.8) is 0 Å². The summed E-state index contributed by atoms with van der Waals surface area (Å²) in [6.45, 7) is 2.79. The lowest BCUT2D eigenvalue weighted by Crippen LogP contribution is -2.10. The predicted octanol–water partition coefficient (Wildman–Crippen LogP) is 0.771. The molecular formula is C9H12N6O. The Bertz CT molecular complexity index is 469. The summed E-state index contributed by atoms with van der Waals surface area (Å²) in [5.74, 6) is 6.54. The van der Waals surface area contributed by atoms with Crippen LogP contribution < -0.4 is 16.0 Å². The van der Waals surface area contributed by atoms with Crippen LogP contribution in [0.3, 0.4) is 0 Å². The van der Waals surface area contributed by atoms with Crippen LogP contribution in [0.2, 0.25) is 0 Å². The Hall–Kier alpha value is -2.15. The van der Waals surface area contributed by atoms with Gasteiger partial charge in [0.25, 0.3) is 0 Å². The van der Waals surface area contributed by atoms with Gasteiger partial charge in [0.2, 0.25) is 11.8 Å². The van der Waals surface area contributed by atoms with Gasteiger partial charge in [0, 0.05) is 18.8 Å². The first-order valence-electron chi connectivity index (χ1n) is 4.82. The van der Waals surface area contributed by atoms with Gasteiger partial charge in [-0.05, 0) is 6.92 Å². The minimum atomic E-state index is 0.306. The molecule has 0 saturated carbocycles. The number of hydrazine groups is 1. The Morgan fingerprint density at radius 1 is 1.56 bits per heavy atom. The van der Waals surface area contributed by atoms with Crippen LogP contribution in [-0.2, 0) is 6.54 Å². The van der Waals surface area contributed by atoms with E-state index in [0.29, 0.717) is 17.6 Å². The van der Waals surface area contributed by atoms with Crippen molar-refractivity contribution < 1.29 is 4.74 Å². The molecule has 0 fully saturated rings. The normalized spacial score (nSPS) is 10.1. The van der Waals surface area contributed by atoms with E-state index in [0.717, 1.165) is 6.54 Å². The molecule has 7 heteroatoms. The lowest BCUT2D eigenvalue weighted by atomic mass is 10.6. The summed E-state index contributed by atoms with van der Waals surface area (Å²) < 4.78 is 7.24. The van der Waals surface area contributed by atoms with Crippen LogP contribution in [0.5, 0.6) is 11.6 Å². The molecule has 84 valence electrons. The van der Waals surface area contributed by atoms with E-state index in [2.05, 4.69) is 20.5 Å². The molecule has 0 aliphatic heterocycles. The number of rotatable bonds is 4. The standard InChI is InChI=1S/C9H12N6O/c1-2-15-6-7(5-12-15)16-8-3-4-11-9(13-8)14-10/h3-6H,2,10H2,1H3,(H,11,13,14). The van der Waals surface area contributed by atoms with Gasteiger partial charge in [0.05, 0.1) is 12.4 Å². The zero-order valence-electron chi connectivity index (χ0n) is 8.79. The van der Waals surface area contributed by atoms with E-state index in [-0.39, 0.29) is 0 Å². The number of nitrogens with one attached hydrogen (secondary N) is 1. The fraction of sp³-hybridized carbons (Fsp3) is 0.222. The summed E-state index contributed by atoms with van der Waals surface area (Å²) in [4.78, 5) is 7.89. The number of hydrogen-bond acceptors (Lipinski definition) is 6. The third-order valence-corrected chi connectivity index (χ3v) is 1.92. The molecule has 2 rings (SSSR count). The number of ether oxygens (including phenoxy) is 1. The molecule has 7 nitrogen and oxygen atoms in total. The van der Waals surface area contributed by atoms with Crippen molar-refractivity contribution in [1.82, 2.24) is 19.7 Å². The van der Waals surface area contributed by atoms with Crippen LogP contribution in [-0.4, -0.2) is 19.7 Å². The molecule has 3 N–H and O–H groups in total. The van der Waals surface area contributed by atoms with E-state index in [4.69, 9.17) is 10.6 Å². The highest BCUT2D eigenvalue weighted by atomic mass is 16.5. The summed E-state index contributed by atoms with van der Waals surface area (Å²) >= 11 is 0. The van der Waals surface area contributed by atoms with Crippen molar-refractivity contribution in [3.05, 3.63) is 24.7 Å². The maximum Gasteiger partial charge on any atom is 0.240 e. The molecule has 0 amide bonds. The highest BCUT2D eigenvalue weighted by Gasteiger charge is 2.02. The maximum absolute atomic E-state index is 5.47. The van der Waals surface area contributed by atoms with Crippen molar-refractivity contribution >= 4 is 5.95 Å². The maximum atomic E-state index is 5.47. The van der Waals surface area contributed by atoms with E-state index < -0.39 is 0 Å². The van der Waals surface area contributed by atoms with Gasteiger partial charge in [-0.2, -0.15) is 10.1 Å². The van der Waals surface area contributed by atoms with Crippen molar-refractivity contribution in [2.24, 2.45) is 5.84 Å². The second-order valence-corrected chi connectivity index (χ2v) is 3.00. The molecule has 0 aliphatic rings. The Kier molecular flexibility index (Phi) is 2.97. The minimum absolute atomic E-state index is 0.306. The quantitative estimate of drug-likeness (QED) is 0.584. The first-order chi connectivity index (χ1) is 7.81. The third kappa shape index (κ3) is 2.26. The van der Waals surface area contributed by atoms with Gasteiger partial charge in [-0.1, -0.05) is 0 Å². The molecule has 16 heavy (non-hydrogen) atoms. The number of anilines is 1. The van der Waals surface area contributed by atoms with Crippen molar-refractivity contribution in [2.75, 3.05) is 5.43 Å². The molecule has 0 unspecified atom stereocenters. The van der Waals surface area contributed by atoms with E-state index in [9.17, 15) is 0 Å². The molecule has 0 aromatic carbocycles. The molecule has 0 spiro atoms. The van der Waals surface area contributed by atoms with Gasteiger partial charge < -0.3 is 4.74 Å². The number of aromatic nitrogens is 4. The summed E-state index contributed by atoms with van der Waals surface area (Å²) in [7, 11) is 0. The van der Waals surface area contributed by atoms with Gasteiger partial charge in [-0.25, -0.2) is 10.8 Å². The molecule has 0 radical (unpaired) electrons. The van der Waals surface area contributed by atoms with Crippen molar-refractivity contribution in [2.45, 2.75) is 13.5 Å². The van der Waals surface area contributed by atoms with Crippen molar-refractivity contribution in [1.29, 1.82) is 0 Å². The number of nitrogens with zero attached hydrogens (tertiary/aromatic N) is 4. The minimum Gasteiger partial charge on any atom is -0.436 e. The van der Waals surface area contributed by atoms with Gasteiger partial charge in [0.15, 0.2) is 5.75 Å². The Morgan fingerprint density at radius 2 is 2.44 bits per heavy atom. The lowest BCUT2D eigenvalue weighted by Gasteiger charge is -2.02. The van der Waals surface area contributed by atoms with Gasteiger partial charge >= 0.3 is 0 Å². The smallest absolute Gasteiger partial charge is 0.240 e. The molecule has 0 atom stereocenters. The third-order valence-electron chi connectivity index (χ3n) is 1.92. The zero-order chi connectivity index (χ0) is 11.4. The van der Waals surface area contributed by atoms with Crippen LogP contribution in [0.15, 0.2) is 24.7 Å². The average molecular weight is 220 g/mol. The lowest BCUT2D eigenvalue weighted by molar-refractivity contribution is 0.461. The highest BCUT2D eigenvalue weighted by molar-refractivity contribution is 5.28. The summed E-state index contributed by atoms with van der Waals surface area (Å²) in [6.07, 6.45) is 4.97. The van der Waals surface area contributed by atoms with Crippen molar-refractivity contribution in [3.8, 4) is 11.6 Å². The molecule has 2 aromatic rings. The second-order valence-electron chi connectivity index (χ2n) is 3.00. The summed E-state index contributed by atoms with van der Waals surface area (Å²) in [5.41, 5.74) is 2.35. The van der Waals surface area contributed by atoms with E-state index in [1.165, 1.54) is 0 Å². The van der Waals surface area contributed by atoms with Gasteiger partial charge in [0.1, 0.15) is 0 Å². The fourth-order valence-electron chi connectivity index (χ4n) is 1.16. The Labute approximate surface area is 92.2 Å². The second kappa shape index (κ2) is 4.58. The Morgan fingerprint density at radius 3 is 3.12 bits per heavy atom. The van der Waals surface area contributed by atoms with E-state index in [1.807, 2.05) is 6.92 Å². The molecule has 0 aliphatic carbocycles. The first kappa shape index (κ1) is 10.4. The number of nitrogen functional groups attached to an aromatic ring is 1. The van der Waals surface area contributed by atoms with E-state index in [1.54, 1.807) is 29.3 Å². The van der Waals surface area contributed by atoms with Crippen LogP contribution in [0.25, 0.3) is 0 Å². The Balaban J connectivity index is 2.13. The van der Waals surface area contributed by atoms with E-state index >= 15 is 0 Å². The van der Waals surface area contributed by atoms with Gasteiger partial charge in [-0.15, -0.1) is 0 Å². The van der Waals surface area contributed by atoms with Crippen LogP contribution in [0, 0.1) is 0 Å². The largest absolute Gasteiger partial charge is 0.436 e. The zero-order valence-corrected chi connectivity index (χ0v) is 8.79. The number of aryl methyl sites for hydroxylation is 1. The summed E-state index contributed by atoms with van der Waals surface area (Å²) in [6, 6.07) is 1.64. The molecule has 0 bridgehead atoms. The number of hydrogen-bond donors (Lipinski definition) is 2. The highest BCUT2D eigenvalue weighted by Crippen LogP contribution is 2.18. The topological polar surface area (TPSA) is 90.9 Å². The molecule has 2 aromatic heterocycles. The SMILES string of the molecule is CCn1cc(Oc2ccnc(NN)n2)cn1. The molecular weight excluding hydrogens is 208 g/mol. The monoisotopic (exact) mass is 220 g/mol. The molecule has 2 heterocycles. The van der Waals surface area contributed by atoms with Crippen LogP contribution >= 0.6 is 0 Å². The predicted molar refractivity (Wildman–Crippen MR) is 57.8 cm³/mol. The average Bonchev–Trinajstić information content (AvgIpc) is 2.77. The first-order valence-corrected chi connectivity index (χ1v) is 4.82. The summed E-state index contributed by atoms with van der Waals surface area (Å²) in [5, 5.41) is 4.08. The fourth-order valence-corrected chi connectivity index (χ4v) is 1.16. The van der Waals surface area contributed by atoms with Crippen LogP contribution in [0.1, 0.15) is 6.92 Å².